The zero-order valence-corrected chi connectivity index (χ0v) is 10.9. The summed E-state index contributed by atoms with van der Waals surface area (Å²) in [4.78, 5) is 11.8. The first kappa shape index (κ1) is 14.3. The molecule has 2 aromatic carbocycles. The van der Waals surface area contributed by atoms with Crippen molar-refractivity contribution in [3.05, 3.63) is 70.5 Å². The molecular formula is C16H8F4O2. The van der Waals surface area contributed by atoms with Crippen molar-refractivity contribution < 1.29 is 22.0 Å². The second-order valence-corrected chi connectivity index (χ2v) is 4.64. The molecule has 0 N–H and O–H groups in total. The van der Waals surface area contributed by atoms with Gasteiger partial charge in [-0.05, 0) is 23.8 Å². The summed E-state index contributed by atoms with van der Waals surface area (Å²) in [7, 11) is 0. The quantitative estimate of drug-likeness (QED) is 0.614. The molecule has 0 aliphatic rings. The summed E-state index contributed by atoms with van der Waals surface area (Å²) in [6, 6.07) is 10.4. The van der Waals surface area contributed by atoms with Gasteiger partial charge in [-0.25, -0.2) is 9.18 Å². The zero-order valence-electron chi connectivity index (χ0n) is 10.9. The molecule has 6 heteroatoms. The minimum absolute atomic E-state index is 0.0369. The van der Waals surface area contributed by atoms with Gasteiger partial charge in [0.25, 0.3) is 0 Å². The maximum Gasteiger partial charge on any atom is 0.450 e. The second-order valence-electron chi connectivity index (χ2n) is 4.64. The van der Waals surface area contributed by atoms with Crippen molar-refractivity contribution in [3.8, 4) is 11.1 Å². The lowest BCUT2D eigenvalue weighted by Crippen LogP contribution is -2.13. The lowest BCUT2D eigenvalue weighted by Gasteiger charge is -2.13. The van der Waals surface area contributed by atoms with Crippen molar-refractivity contribution in [1.82, 2.24) is 0 Å². The number of hydrogen-bond acceptors (Lipinski definition) is 2. The molecule has 0 saturated heterocycles. The van der Waals surface area contributed by atoms with Crippen LogP contribution in [0, 0.1) is 5.82 Å². The van der Waals surface area contributed by atoms with Crippen molar-refractivity contribution in [2.75, 3.05) is 0 Å². The Kier molecular flexibility index (Phi) is 3.24. The molecule has 1 aromatic heterocycles. The Balaban J connectivity index is 2.46. The average Bonchev–Trinajstić information content (AvgIpc) is 2.47. The highest BCUT2D eigenvalue weighted by Crippen LogP contribution is 2.39. The molecule has 0 aliphatic heterocycles. The van der Waals surface area contributed by atoms with E-state index in [0.717, 1.165) is 12.1 Å². The van der Waals surface area contributed by atoms with E-state index in [1.807, 2.05) is 0 Å². The van der Waals surface area contributed by atoms with Gasteiger partial charge >= 0.3 is 11.8 Å². The molecule has 0 saturated carbocycles. The van der Waals surface area contributed by atoms with E-state index in [4.69, 9.17) is 0 Å². The van der Waals surface area contributed by atoms with E-state index >= 15 is 0 Å². The van der Waals surface area contributed by atoms with Gasteiger partial charge in [0.15, 0.2) is 0 Å². The summed E-state index contributed by atoms with van der Waals surface area (Å²) >= 11 is 0. The van der Waals surface area contributed by atoms with Crippen LogP contribution in [0.25, 0.3) is 21.9 Å². The number of hydrogen-bond donors (Lipinski definition) is 0. The lowest BCUT2D eigenvalue weighted by atomic mass is 9.98. The summed E-state index contributed by atoms with van der Waals surface area (Å²) in [6.45, 7) is 0. The molecule has 0 fully saturated rings. The normalized spacial score (nSPS) is 11.8. The topological polar surface area (TPSA) is 30.2 Å². The Hall–Kier alpha value is -2.63. The zero-order chi connectivity index (χ0) is 15.9. The van der Waals surface area contributed by atoms with Crippen LogP contribution in [0.1, 0.15) is 5.76 Å². The molecular weight excluding hydrogens is 300 g/mol. The van der Waals surface area contributed by atoms with E-state index in [1.54, 1.807) is 0 Å². The highest BCUT2D eigenvalue weighted by molar-refractivity contribution is 5.96. The third-order valence-corrected chi connectivity index (χ3v) is 3.23. The van der Waals surface area contributed by atoms with Gasteiger partial charge in [0.1, 0.15) is 5.82 Å². The fourth-order valence-corrected chi connectivity index (χ4v) is 2.30. The van der Waals surface area contributed by atoms with Crippen LogP contribution in [0.5, 0.6) is 0 Å². The van der Waals surface area contributed by atoms with Crippen molar-refractivity contribution in [3.63, 3.8) is 0 Å². The molecule has 0 unspecified atom stereocenters. The maximum absolute atomic E-state index is 13.2. The minimum Gasteiger partial charge on any atom is -0.417 e. The Morgan fingerprint density at radius 2 is 1.45 bits per heavy atom. The molecule has 1 heterocycles. The van der Waals surface area contributed by atoms with E-state index in [0.29, 0.717) is 0 Å². The predicted octanol–water partition coefficient (Wildman–Crippen LogP) is 4.62. The van der Waals surface area contributed by atoms with Crippen LogP contribution >= 0.6 is 0 Å². The van der Waals surface area contributed by atoms with Crippen molar-refractivity contribution in [1.29, 1.82) is 0 Å². The maximum atomic E-state index is 13.2. The molecule has 3 aromatic rings. The third kappa shape index (κ3) is 2.36. The molecule has 2 nitrogen and oxygen atoms in total. The molecule has 0 aliphatic carbocycles. The van der Waals surface area contributed by atoms with Crippen LogP contribution in [-0.2, 0) is 6.18 Å². The van der Waals surface area contributed by atoms with Crippen molar-refractivity contribution >= 4 is 10.8 Å². The van der Waals surface area contributed by atoms with Gasteiger partial charge in [0.2, 0.25) is 5.76 Å². The van der Waals surface area contributed by atoms with Crippen molar-refractivity contribution in [2.45, 2.75) is 6.18 Å². The van der Waals surface area contributed by atoms with Gasteiger partial charge in [-0.15, -0.1) is 0 Å². The first-order chi connectivity index (χ1) is 10.4. The van der Waals surface area contributed by atoms with Gasteiger partial charge in [-0.1, -0.05) is 30.3 Å². The summed E-state index contributed by atoms with van der Waals surface area (Å²) in [6.07, 6.45) is -4.84. The van der Waals surface area contributed by atoms with Gasteiger partial charge < -0.3 is 4.42 Å². The Morgan fingerprint density at radius 1 is 0.864 bits per heavy atom. The van der Waals surface area contributed by atoms with E-state index in [1.165, 1.54) is 36.4 Å². The van der Waals surface area contributed by atoms with Crippen LogP contribution < -0.4 is 5.63 Å². The highest BCUT2D eigenvalue weighted by atomic mass is 19.4. The van der Waals surface area contributed by atoms with Gasteiger partial charge in [0.05, 0.1) is 5.39 Å². The standard InChI is InChI=1S/C16H8F4O2/c17-10-7-5-9(6-8-10)13-11-3-1-2-4-12(11)15(21)22-14(13)16(18,19)20/h1-8H. The van der Waals surface area contributed by atoms with Crippen LogP contribution in [0.15, 0.2) is 57.7 Å². The lowest BCUT2D eigenvalue weighted by molar-refractivity contribution is -0.153. The molecule has 0 amide bonds. The summed E-state index contributed by atoms with van der Waals surface area (Å²) in [5, 5.41) is 0.146. The van der Waals surface area contributed by atoms with Crippen LogP contribution in [0.4, 0.5) is 17.6 Å². The van der Waals surface area contributed by atoms with E-state index in [2.05, 4.69) is 4.42 Å². The molecule has 0 spiro atoms. The van der Waals surface area contributed by atoms with E-state index in [9.17, 15) is 22.4 Å². The largest absolute Gasteiger partial charge is 0.450 e. The van der Waals surface area contributed by atoms with Gasteiger partial charge in [0, 0.05) is 10.9 Å². The molecule has 0 radical (unpaired) electrons. The van der Waals surface area contributed by atoms with Crippen molar-refractivity contribution in [2.24, 2.45) is 0 Å². The van der Waals surface area contributed by atoms with Crippen LogP contribution in [0.2, 0.25) is 0 Å². The first-order valence-electron chi connectivity index (χ1n) is 6.27. The Morgan fingerprint density at radius 3 is 2.05 bits per heavy atom. The van der Waals surface area contributed by atoms with Gasteiger partial charge in [-0.3, -0.25) is 0 Å². The Bertz CT molecular complexity index is 893. The molecule has 22 heavy (non-hydrogen) atoms. The first-order valence-corrected chi connectivity index (χ1v) is 6.27. The van der Waals surface area contributed by atoms with Crippen LogP contribution in [-0.4, -0.2) is 0 Å². The number of benzene rings is 2. The minimum atomic E-state index is -4.84. The fourth-order valence-electron chi connectivity index (χ4n) is 2.30. The number of fused-ring (bicyclic) bond motifs is 1. The Labute approximate surface area is 121 Å². The van der Waals surface area contributed by atoms with Crippen LogP contribution in [0.3, 0.4) is 0 Å². The number of halogens is 4. The molecule has 0 atom stereocenters. The summed E-state index contributed by atoms with van der Waals surface area (Å²) in [5.74, 6) is -1.96. The number of alkyl halides is 3. The number of rotatable bonds is 1. The van der Waals surface area contributed by atoms with E-state index in [-0.39, 0.29) is 21.9 Å². The summed E-state index contributed by atoms with van der Waals surface area (Å²) in [5.41, 5.74) is -1.22. The molecule has 0 bridgehead atoms. The highest BCUT2D eigenvalue weighted by Gasteiger charge is 2.39. The SMILES string of the molecule is O=c1oc(C(F)(F)F)c(-c2ccc(F)cc2)c2ccccc12. The van der Waals surface area contributed by atoms with Gasteiger partial charge in [-0.2, -0.15) is 13.2 Å². The third-order valence-electron chi connectivity index (χ3n) is 3.23. The second kappa shape index (κ2) is 4.98. The van der Waals surface area contributed by atoms with E-state index < -0.39 is 23.4 Å². The molecule has 112 valence electrons. The summed E-state index contributed by atoms with van der Waals surface area (Å²) < 4.78 is 57.2. The monoisotopic (exact) mass is 308 g/mol. The average molecular weight is 308 g/mol. The molecule has 3 rings (SSSR count). The smallest absolute Gasteiger partial charge is 0.417 e. The fraction of sp³-hybridized carbons (Fsp3) is 0.0625. The predicted molar refractivity (Wildman–Crippen MR) is 72.9 cm³/mol.